The zero-order valence-corrected chi connectivity index (χ0v) is 13.4. The Morgan fingerprint density at radius 3 is 2.84 bits per heavy atom. The Morgan fingerprint density at radius 2 is 2.21 bits per heavy atom. The molecule has 0 aliphatic carbocycles. The first-order valence-electron chi connectivity index (χ1n) is 6.40. The number of piperidine rings is 1. The predicted octanol–water partition coefficient (Wildman–Crippen LogP) is 2.60. The fraction of sp³-hybridized carbons (Fsp3) is 0.500. The van der Waals surface area contributed by atoms with Crippen LogP contribution in [0.3, 0.4) is 0 Å². The van der Waals surface area contributed by atoms with Crippen LogP contribution < -0.4 is 0 Å². The van der Waals surface area contributed by atoms with Crippen molar-refractivity contribution in [1.29, 1.82) is 0 Å². The highest BCUT2D eigenvalue weighted by Crippen LogP contribution is 2.20. The third kappa shape index (κ3) is 3.45. The Hall–Kier alpha value is -0.690. The molecule has 1 heterocycles. The molecule has 1 aliphatic heterocycles. The third-order valence-electron chi connectivity index (χ3n) is 3.58. The van der Waals surface area contributed by atoms with Gasteiger partial charge in [0.2, 0.25) is 0 Å². The molecule has 0 N–H and O–H groups in total. The number of hydrogen-bond acceptors (Lipinski definition) is 2. The number of benzene rings is 1. The summed E-state index contributed by atoms with van der Waals surface area (Å²) in [6, 6.07) is 4.75. The minimum absolute atomic E-state index is 0.0101. The van der Waals surface area contributed by atoms with E-state index in [1.807, 2.05) is 41.6 Å². The molecule has 0 bridgehead atoms. The number of amides is 1. The molecular formula is C14H18FIN2O. The molecule has 3 nitrogen and oxygen atoms in total. The lowest BCUT2D eigenvalue weighted by atomic mass is 10.0. The maximum Gasteiger partial charge on any atom is 0.254 e. The highest BCUT2D eigenvalue weighted by molar-refractivity contribution is 14.1. The standard InChI is InChI=1S/C14H18FIN2O/c1-17(2)11-4-3-7-18(9-11)14(19)12-6-5-10(15)8-13(12)16/h5-6,8,11H,3-4,7,9H2,1-2H3. The van der Waals surface area contributed by atoms with Crippen LogP contribution in [0.1, 0.15) is 23.2 Å². The Bertz CT molecular complexity index is 479. The summed E-state index contributed by atoms with van der Waals surface area (Å²) < 4.78 is 13.8. The first-order valence-corrected chi connectivity index (χ1v) is 7.47. The first-order chi connectivity index (χ1) is 8.99. The molecule has 2 rings (SSSR count). The molecule has 1 saturated heterocycles. The van der Waals surface area contributed by atoms with Gasteiger partial charge in [0.1, 0.15) is 5.82 Å². The predicted molar refractivity (Wildman–Crippen MR) is 81.7 cm³/mol. The van der Waals surface area contributed by atoms with Gasteiger partial charge < -0.3 is 9.80 Å². The van der Waals surface area contributed by atoms with Crippen LogP contribution in [0.25, 0.3) is 0 Å². The highest BCUT2D eigenvalue weighted by atomic mass is 127. The van der Waals surface area contributed by atoms with Crippen LogP contribution in [0.2, 0.25) is 0 Å². The summed E-state index contributed by atoms with van der Waals surface area (Å²) in [5.41, 5.74) is 0.599. The number of halogens is 2. The summed E-state index contributed by atoms with van der Waals surface area (Å²) in [4.78, 5) is 16.5. The van der Waals surface area contributed by atoms with E-state index in [0.717, 1.165) is 25.9 Å². The SMILES string of the molecule is CN(C)C1CCCN(C(=O)c2ccc(F)cc2I)C1. The molecule has 5 heteroatoms. The summed E-state index contributed by atoms with van der Waals surface area (Å²) in [6.07, 6.45) is 2.14. The van der Waals surface area contributed by atoms with Crippen LogP contribution in [0.5, 0.6) is 0 Å². The van der Waals surface area contributed by atoms with E-state index in [1.54, 1.807) is 6.07 Å². The van der Waals surface area contributed by atoms with Crippen molar-refractivity contribution in [2.24, 2.45) is 0 Å². The number of carbonyl (C=O) groups excluding carboxylic acids is 1. The van der Waals surface area contributed by atoms with Crippen molar-refractivity contribution >= 4 is 28.5 Å². The van der Waals surface area contributed by atoms with Crippen molar-refractivity contribution in [2.75, 3.05) is 27.2 Å². The second-order valence-corrected chi connectivity index (χ2v) is 6.30. The van der Waals surface area contributed by atoms with E-state index in [0.29, 0.717) is 15.2 Å². The fourth-order valence-electron chi connectivity index (χ4n) is 2.39. The molecule has 0 saturated carbocycles. The highest BCUT2D eigenvalue weighted by Gasteiger charge is 2.26. The van der Waals surface area contributed by atoms with Crippen molar-refractivity contribution in [2.45, 2.75) is 18.9 Å². The zero-order valence-electron chi connectivity index (χ0n) is 11.2. The molecule has 0 radical (unpaired) electrons. The van der Waals surface area contributed by atoms with Crippen molar-refractivity contribution < 1.29 is 9.18 Å². The van der Waals surface area contributed by atoms with Gasteiger partial charge in [0, 0.05) is 22.7 Å². The smallest absolute Gasteiger partial charge is 0.254 e. The molecule has 104 valence electrons. The van der Waals surface area contributed by atoms with Gasteiger partial charge in [0.05, 0.1) is 5.56 Å². The normalized spacial score (nSPS) is 19.8. The lowest BCUT2D eigenvalue weighted by Crippen LogP contribution is -2.47. The van der Waals surface area contributed by atoms with Crippen molar-refractivity contribution in [3.63, 3.8) is 0 Å². The number of nitrogens with zero attached hydrogens (tertiary/aromatic N) is 2. The van der Waals surface area contributed by atoms with E-state index < -0.39 is 0 Å². The minimum atomic E-state index is -0.300. The van der Waals surface area contributed by atoms with Crippen LogP contribution >= 0.6 is 22.6 Å². The molecule has 1 fully saturated rings. The Morgan fingerprint density at radius 1 is 1.47 bits per heavy atom. The lowest BCUT2D eigenvalue weighted by Gasteiger charge is -2.36. The van der Waals surface area contributed by atoms with E-state index in [9.17, 15) is 9.18 Å². The number of likely N-dealkylation sites (tertiary alicyclic amines) is 1. The number of carbonyl (C=O) groups is 1. The quantitative estimate of drug-likeness (QED) is 0.741. The second-order valence-electron chi connectivity index (χ2n) is 5.13. The average molecular weight is 376 g/mol. The van der Waals surface area contributed by atoms with Crippen LogP contribution in [-0.4, -0.2) is 48.9 Å². The van der Waals surface area contributed by atoms with Crippen LogP contribution in [0.15, 0.2) is 18.2 Å². The largest absolute Gasteiger partial charge is 0.337 e. The van der Waals surface area contributed by atoms with Crippen LogP contribution in [0.4, 0.5) is 4.39 Å². The lowest BCUT2D eigenvalue weighted by molar-refractivity contribution is 0.0634. The topological polar surface area (TPSA) is 23.6 Å². The van der Waals surface area contributed by atoms with Gasteiger partial charge in [-0.2, -0.15) is 0 Å². The first kappa shape index (κ1) is 14.7. The Kier molecular flexibility index (Phi) is 4.78. The second kappa shape index (κ2) is 6.17. The molecule has 1 aliphatic rings. The maximum atomic E-state index is 13.1. The van der Waals surface area contributed by atoms with Gasteiger partial charge in [-0.15, -0.1) is 0 Å². The van der Waals surface area contributed by atoms with E-state index in [-0.39, 0.29) is 11.7 Å². The molecular weight excluding hydrogens is 358 g/mol. The van der Waals surface area contributed by atoms with Crippen LogP contribution in [-0.2, 0) is 0 Å². The molecule has 1 aromatic carbocycles. The number of rotatable bonds is 2. The van der Waals surface area contributed by atoms with Gasteiger partial charge >= 0.3 is 0 Å². The molecule has 1 amide bonds. The number of likely N-dealkylation sites (N-methyl/N-ethyl adjacent to an activating group) is 1. The summed E-state index contributed by atoms with van der Waals surface area (Å²) >= 11 is 2.02. The molecule has 1 unspecified atom stereocenters. The Labute approximate surface area is 126 Å². The van der Waals surface area contributed by atoms with E-state index in [1.165, 1.54) is 12.1 Å². The maximum absolute atomic E-state index is 13.1. The minimum Gasteiger partial charge on any atom is -0.337 e. The summed E-state index contributed by atoms with van der Waals surface area (Å²) in [5.74, 6) is -0.290. The molecule has 0 spiro atoms. The van der Waals surface area contributed by atoms with Crippen molar-refractivity contribution in [1.82, 2.24) is 9.80 Å². The number of hydrogen-bond donors (Lipinski definition) is 0. The summed E-state index contributed by atoms with van der Waals surface area (Å²) in [5, 5.41) is 0. The van der Waals surface area contributed by atoms with Gasteiger partial charge in [-0.25, -0.2) is 4.39 Å². The molecule has 19 heavy (non-hydrogen) atoms. The fourth-order valence-corrected chi connectivity index (χ4v) is 3.10. The van der Waals surface area contributed by atoms with E-state index >= 15 is 0 Å². The van der Waals surface area contributed by atoms with Gasteiger partial charge in [-0.05, 0) is 67.7 Å². The molecule has 1 atom stereocenters. The summed E-state index contributed by atoms with van der Waals surface area (Å²) in [6.45, 7) is 1.54. The van der Waals surface area contributed by atoms with Gasteiger partial charge in [-0.3, -0.25) is 4.79 Å². The van der Waals surface area contributed by atoms with Gasteiger partial charge in [0.15, 0.2) is 0 Å². The van der Waals surface area contributed by atoms with Crippen molar-refractivity contribution in [3.05, 3.63) is 33.1 Å². The van der Waals surface area contributed by atoms with Gasteiger partial charge in [-0.1, -0.05) is 0 Å². The van der Waals surface area contributed by atoms with E-state index in [4.69, 9.17) is 0 Å². The Balaban J connectivity index is 2.15. The molecule has 0 aromatic heterocycles. The zero-order chi connectivity index (χ0) is 14.0. The van der Waals surface area contributed by atoms with E-state index in [2.05, 4.69) is 4.90 Å². The van der Waals surface area contributed by atoms with Gasteiger partial charge in [0.25, 0.3) is 5.91 Å². The summed E-state index contributed by atoms with van der Waals surface area (Å²) in [7, 11) is 4.08. The van der Waals surface area contributed by atoms with Crippen LogP contribution in [0, 0.1) is 9.39 Å². The molecule has 1 aromatic rings. The average Bonchev–Trinajstić information content (AvgIpc) is 2.38. The van der Waals surface area contributed by atoms with Crippen molar-refractivity contribution in [3.8, 4) is 0 Å². The third-order valence-corrected chi connectivity index (χ3v) is 4.47. The monoisotopic (exact) mass is 376 g/mol.